The van der Waals surface area contributed by atoms with Gasteiger partial charge in [0.2, 0.25) is 11.8 Å². The standard InChI is InChI=1S/C19H29N3O3/c1-14(2)20-19(24)13-22-10-8-16(9-11-22)21-18(23)12-15-4-6-17(25-3)7-5-15/h4-7,14,16H,8-13H2,1-3H3,(H,20,24)(H,21,23). The van der Waals surface area contributed by atoms with Crippen LogP contribution in [-0.4, -0.2) is 55.5 Å². The maximum atomic E-state index is 12.2. The van der Waals surface area contributed by atoms with E-state index in [4.69, 9.17) is 4.74 Å². The average Bonchev–Trinajstić information content (AvgIpc) is 2.56. The first kappa shape index (κ1) is 19.2. The van der Waals surface area contributed by atoms with Crippen LogP contribution in [0.4, 0.5) is 0 Å². The van der Waals surface area contributed by atoms with E-state index in [-0.39, 0.29) is 23.9 Å². The van der Waals surface area contributed by atoms with Crippen LogP contribution < -0.4 is 15.4 Å². The number of hydrogen-bond donors (Lipinski definition) is 2. The Morgan fingerprint density at radius 3 is 2.36 bits per heavy atom. The largest absolute Gasteiger partial charge is 0.497 e. The molecule has 2 rings (SSSR count). The lowest BCUT2D eigenvalue weighted by Gasteiger charge is -2.32. The first-order valence-corrected chi connectivity index (χ1v) is 8.90. The van der Waals surface area contributed by atoms with E-state index in [1.165, 1.54) is 0 Å². The van der Waals surface area contributed by atoms with Crippen molar-refractivity contribution in [3.05, 3.63) is 29.8 Å². The third kappa shape index (κ3) is 6.74. The molecule has 1 aromatic rings. The summed E-state index contributed by atoms with van der Waals surface area (Å²) in [6.45, 7) is 6.02. The van der Waals surface area contributed by atoms with Crippen molar-refractivity contribution >= 4 is 11.8 Å². The van der Waals surface area contributed by atoms with Gasteiger partial charge < -0.3 is 15.4 Å². The average molecular weight is 347 g/mol. The molecule has 0 bridgehead atoms. The molecule has 2 N–H and O–H groups in total. The Morgan fingerprint density at radius 2 is 1.80 bits per heavy atom. The van der Waals surface area contributed by atoms with Gasteiger partial charge >= 0.3 is 0 Å². The quantitative estimate of drug-likeness (QED) is 0.781. The number of nitrogens with one attached hydrogen (secondary N) is 2. The molecular formula is C19H29N3O3. The van der Waals surface area contributed by atoms with Crippen LogP contribution >= 0.6 is 0 Å². The molecule has 0 radical (unpaired) electrons. The highest BCUT2D eigenvalue weighted by Gasteiger charge is 2.22. The molecule has 6 nitrogen and oxygen atoms in total. The normalized spacial score (nSPS) is 15.8. The SMILES string of the molecule is COc1ccc(CC(=O)NC2CCN(CC(=O)NC(C)C)CC2)cc1. The summed E-state index contributed by atoms with van der Waals surface area (Å²) in [4.78, 5) is 26.1. The molecule has 1 saturated heterocycles. The number of piperidine rings is 1. The fourth-order valence-corrected chi connectivity index (χ4v) is 3.01. The Kier molecular flexibility index (Phi) is 7.25. The second kappa shape index (κ2) is 9.42. The number of rotatable bonds is 7. The summed E-state index contributed by atoms with van der Waals surface area (Å²) >= 11 is 0. The highest BCUT2D eigenvalue weighted by molar-refractivity contribution is 5.79. The molecule has 0 saturated carbocycles. The van der Waals surface area contributed by atoms with Crippen LogP contribution in [-0.2, 0) is 16.0 Å². The topological polar surface area (TPSA) is 70.7 Å². The van der Waals surface area contributed by atoms with Gasteiger partial charge in [-0.1, -0.05) is 12.1 Å². The first-order valence-electron chi connectivity index (χ1n) is 8.90. The zero-order chi connectivity index (χ0) is 18.2. The number of ether oxygens (including phenoxy) is 1. The lowest BCUT2D eigenvalue weighted by molar-refractivity contribution is -0.124. The van der Waals surface area contributed by atoms with Crippen molar-refractivity contribution in [2.45, 2.75) is 45.2 Å². The maximum absolute atomic E-state index is 12.2. The van der Waals surface area contributed by atoms with Gasteiger partial charge in [0.1, 0.15) is 5.75 Å². The lowest BCUT2D eigenvalue weighted by atomic mass is 10.0. The van der Waals surface area contributed by atoms with Gasteiger partial charge in [0.05, 0.1) is 20.1 Å². The minimum Gasteiger partial charge on any atom is -0.497 e. The highest BCUT2D eigenvalue weighted by atomic mass is 16.5. The zero-order valence-corrected chi connectivity index (χ0v) is 15.4. The lowest BCUT2D eigenvalue weighted by Crippen LogP contribution is -2.48. The number of carbonyl (C=O) groups excluding carboxylic acids is 2. The van der Waals surface area contributed by atoms with Crippen LogP contribution in [0.3, 0.4) is 0 Å². The number of benzene rings is 1. The molecule has 0 atom stereocenters. The molecule has 6 heteroatoms. The maximum Gasteiger partial charge on any atom is 0.234 e. The Bertz CT molecular complexity index is 564. The van der Waals surface area contributed by atoms with E-state index in [0.717, 1.165) is 37.2 Å². The first-order chi connectivity index (χ1) is 12.0. The molecule has 25 heavy (non-hydrogen) atoms. The second-order valence-electron chi connectivity index (χ2n) is 6.87. The van der Waals surface area contributed by atoms with Crippen LogP contribution in [0.1, 0.15) is 32.3 Å². The third-order valence-corrected chi connectivity index (χ3v) is 4.29. The zero-order valence-electron chi connectivity index (χ0n) is 15.4. The number of hydrogen-bond acceptors (Lipinski definition) is 4. The second-order valence-corrected chi connectivity index (χ2v) is 6.87. The summed E-state index contributed by atoms with van der Waals surface area (Å²) in [5.41, 5.74) is 0.973. The molecule has 138 valence electrons. The molecule has 1 aliphatic heterocycles. The Labute approximate surface area is 149 Å². The Hall–Kier alpha value is -2.08. The van der Waals surface area contributed by atoms with Crippen molar-refractivity contribution < 1.29 is 14.3 Å². The van der Waals surface area contributed by atoms with Gasteiger partial charge in [0.25, 0.3) is 0 Å². The Balaban J connectivity index is 1.70. The van der Waals surface area contributed by atoms with Crippen LogP contribution in [0.5, 0.6) is 5.75 Å². The summed E-state index contributed by atoms with van der Waals surface area (Å²) in [7, 11) is 1.63. The highest BCUT2D eigenvalue weighted by Crippen LogP contribution is 2.13. The number of amides is 2. The van der Waals surface area contributed by atoms with Crippen molar-refractivity contribution in [1.29, 1.82) is 0 Å². The molecule has 0 aliphatic carbocycles. The van der Waals surface area contributed by atoms with E-state index in [0.29, 0.717) is 13.0 Å². The summed E-state index contributed by atoms with van der Waals surface area (Å²) in [6, 6.07) is 7.91. The molecule has 0 aromatic heterocycles. The van der Waals surface area contributed by atoms with Gasteiger partial charge in [0, 0.05) is 25.2 Å². The molecule has 1 aromatic carbocycles. The number of methoxy groups -OCH3 is 1. The van der Waals surface area contributed by atoms with Crippen LogP contribution in [0.2, 0.25) is 0 Å². The predicted molar refractivity (Wildman–Crippen MR) is 97.6 cm³/mol. The Morgan fingerprint density at radius 1 is 1.16 bits per heavy atom. The van der Waals surface area contributed by atoms with Gasteiger partial charge in [-0.3, -0.25) is 14.5 Å². The van der Waals surface area contributed by atoms with Crippen LogP contribution in [0.25, 0.3) is 0 Å². The molecule has 1 heterocycles. The summed E-state index contributed by atoms with van der Waals surface area (Å²) in [5.74, 6) is 0.899. The van der Waals surface area contributed by atoms with Gasteiger partial charge in [-0.05, 0) is 44.4 Å². The minimum absolute atomic E-state index is 0.0427. The molecule has 1 aliphatic rings. The van der Waals surface area contributed by atoms with Crippen LogP contribution in [0, 0.1) is 0 Å². The fraction of sp³-hybridized carbons (Fsp3) is 0.579. The minimum atomic E-state index is 0.0427. The molecule has 0 unspecified atom stereocenters. The van der Waals surface area contributed by atoms with Gasteiger partial charge in [-0.2, -0.15) is 0 Å². The van der Waals surface area contributed by atoms with Crippen molar-refractivity contribution in [3.8, 4) is 5.75 Å². The van der Waals surface area contributed by atoms with E-state index < -0.39 is 0 Å². The van der Waals surface area contributed by atoms with E-state index in [2.05, 4.69) is 15.5 Å². The molecule has 1 fully saturated rings. The van der Waals surface area contributed by atoms with Crippen molar-refractivity contribution in [2.24, 2.45) is 0 Å². The smallest absolute Gasteiger partial charge is 0.234 e. The van der Waals surface area contributed by atoms with E-state index in [9.17, 15) is 9.59 Å². The number of likely N-dealkylation sites (tertiary alicyclic amines) is 1. The molecule has 2 amide bonds. The van der Waals surface area contributed by atoms with Crippen molar-refractivity contribution in [1.82, 2.24) is 15.5 Å². The van der Waals surface area contributed by atoms with Gasteiger partial charge in [-0.15, -0.1) is 0 Å². The molecule has 0 spiro atoms. The predicted octanol–water partition coefficient (Wildman–Crippen LogP) is 1.34. The van der Waals surface area contributed by atoms with Gasteiger partial charge in [0.15, 0.2) is 0 Å². The summed E-state index contributed by atoms with van der Waals surface area (Å²) < 4.78 is 5.12. The van der Waals surface area contributed by atoms with E-state index in [1.54, 1.807) is 7.11 Å². The summed E-state index contributed by atoms with van der Waals surface area (Å²) in [6.07, 6.45) is 2.13. The van der Waals surface area contributed by atoms with Gasteiger partial charge in [-0.25, -0.2) is 0 Å². The molecular weight excluding hydrogens is 318 g/mol. The fourth-order valence-electron chi connectivity index (χ4n) is 3.01. The van der Waals surface area contributed by atoms with Crippen molar-refractivity contribution in [2.75, 3.05) is 26.7 Å². The number of nitrogens with zero attached hydrogens (tertiary/aromatic N) is 1. The van der Waals surface area contributed by atoms with E-state index >= 15 is 0 Å². The van der Waals surface area contributed by atoms with Crippen LogP contribution in [0.15, 0.2) is 24.3 Å². The van der Waals surface area contributed by atoms with E-state index in [1.807, 2.05) is 38.1 Å². The third-order valence-electron chi connectivity index (χ3n) is 4.29. The monoisotopic (exact) mass is 347 g/mol. The van der Waals surface area contributed by atoms with Crippen molar-refractivity contribution in [3.63, 3.8) is 0 Å². The summed E-state index contributed by atoms with van der Waals surface area (Å²) in [5, 5.41) is 6.01. The number of carbonyl (C=O) groups is 2.